The fraction of sp³-hybridized carbons (Fsp3) is 0.286. The lowest BCUT2D eigenvalue weighted by Crippen LogP contribution is -1.49. The van der Waals surface area contributed by atoms with E-state index in [2.05, 4.69) is 18.8 Å². The van der Waals surface area contributed by atoms with Gasteiger partial charge in [0.2, 0.25) is 0 Å². The lowest BCUT2D eigenvalue weighted by atomic mass is 10.4. The fourth-order valence-corrected chi connectivity index (χ4v) is 0.220. The van der Waals surface area contributed by atoms with Crippen LogP contribution < -0.4 is 0 Å². The topological polar surface area (TPSA) is 0 Å². The van der Waals surface area contributed by atoms with Gasteiger partial charge in [0.1, 0.15) is 0 Å². The quantitative estimate of drug-likeness (QED) is 0.400. The van der Waals surface area contributed by atoms with Gasteiger partial charge in [-0.05, 0) is 13.0 Å². The Kier molecular flexibility index (Phi) is 4.77. The third kappa shape index (κ3) is 5.30. The largest absolute Gasteiger partial charge is 0.0988 e. The maximum Gasteiger partial charge on any atom is 0.00637 e. The van der Waals surface area contributed by atoms with Crippen molar-refractivity contribution in [3.63, 3.8) is 0 Å². The maximum absolute atomic E-state index is 3.47. The first-order chi connectivity index (χ1) is 3.41. The summed E-state index contributed by atoms with van der Waals surface area (Å²) in [6.07, 6.45) is 4.34. The van der Waals surface area contributed by atoms with Gasteiger partial charge in [0.25, 0.3) is 0 Å². The lowest BCUT2D eigenvalue weighted by Gasteiger charge is -1.63. The fourth-order valence-electron chi connectivity index (χ4n) is 0.220. The zero-order valence-electron chi connectivity index (χ0n) is 4.57. The summed E-state index contributed by atoms with van der Waals surface area (Å²) in [5, 5.41) is 0. The molecule has 37 valence electrons. The van der Waals surface area contributed by atoms with Crippen LogP contribution in [0.2, 0.25) is 0 Å². The molecule has 0 atom stereocenters. The van der Waals surface area contributed by atoms with Crippen molar-refractivity contribution in [1.82, 2.24) is 0 Å². The van der Waals surface area contributed by atoms with Crippen molar-refractivity contribution < 1.29 is 0 Å². The van der Waals surface area contributed by atoms with Gasteiger partial charge in [-0.25, -0.2) is 0 Å². The Bertz CT molecular complexity index is 98.9. The molecule has 0 saturated heterocycles. The van der Waals surface area contributed by atoms with Crippen molar-refractivity contribution in [3.8, 4) is 11.8 Å². The van der Waals surface area contributed by atoms with Crippen LogP contribution in [0, 0.1) is 18.8 Å². The van der Waals surface area contributed by atoms with Gasteiger partial charge >= 0.3 is 0 Å². The average molecular weight is 93.1 g/mol. The van der Waals surface area contributed by atoms with E-state index < -0.39 is 0 Å². The van der Waals surface area contributed by atoms with Crippen LogP contribution in [0.4, 0.5) is 0 Å². The SMILES string of the molecule is [CH2]C=CC#CCC. The number of hydrogen-bond donors (Lipinski definition) is 0. The van der Waals surface area contributed by atoms with Crippen LogP contribution in [0.15, 0.2) is 12.2 Å². The molecule has 0 aliphatic heterocycles. The molecule has 0 aliphatic carbocycles. The van der Waals surface area contributed by atoms with Crippen LogP contribution >= 0.6 is 0 Å². The second-order valence-electron chi connectivity index (χ2n) is 1.08. The molecule has 0 saturated carbocycles. The number of allylic oxidation sites excluding steroid dienone is 2. The molecule has 0 unspecified atom stereocenters. The predicted molar refractivity (Wildman–Crippen MR) is 32.6 cm³/mol. The summed E-state index contributed by atoms with van der Waals surface area (Å²) >= 11 is 0. The van der Waals surface area contributed by atoms with Gasteiger partial charge in [-0.2, -0.15) is 0 Å². The third-order valence-electron chi connectivity index (χ3n) is 0.480. The van der Waals surface area contributed by atoms with E-state index in [1.807, 2.05) is 6.92 Å². The van der Waals surface area contributed by atoms with E-state index in [9.17, 15) is 0 Å². The van der Waals surface area contributed by atoms with E-state index in [4.69, 9.17) is 0 Å². The molecule has 1 radical (unpaired) electrons. The summed E-state index contributed by atoms with van der Waals surface area (Å²) in [7, 11) is 0. The molecule has 0 fully saturated rings. The monoisotopic (exact) mass is 93.1 g/mol. The summed E-state index contributed by atoms with van der Waals surface area (Å²) < 4.78 is 0. The molecule has 0 rings (SSSR count). The van der Waals surface area contributed by atoms with Crippen molar-refractivity contribution in [2.24, 2.45) is 0 Å². The third-order valence-corrected chi connectivity index (χ3v) is 0.480. The molecular weight excluding hydrogens is 84.1 g/mol. The highest BCUT2D eigenvalue weighted by Crippen LogP contribution is 1.68. The number of hydrogen-bond acceptors (Lipinski definition) is 0. The molecule has 0 N–H and O–H groups in total. The summed E-state index contributed by atoms with van der Waals surface area (Å²) in [5.41, 5.74) is 0. The van der Waals surface area contributed by atoms with E-state index in [0.717, 1.165) is 6.42 Å². The van der Waals surface area contributed by atoms with Crippen molar-refractivity contribution in [2.45, 2.75) is 13.3 Å². The molecule has 0 aliphatic rings. The summed E-state index contributed by atoms with van der Waals surface area (Å²) in [4.78, 5) is 0. The van der Waals surface area contributed by atoms with Gasteiger partial charge in [0.15, 0.2) is 0 Å². The molecule has 0 spiro atoms. The maximum atomic E-state index is 3.47. The van der Waals surface area contributed by atoms with Gasteiger partial charge in [-0.15, -0.1) is 0 Å². The van der Waals surface area contributed by atoms with Crippen LogP contribution in [-0.2, 0) is 0 Å². The first-order valence-corrected chi connectivity index (χ1v) is 2.34. The molecule has 0 heterocycles. The standard InChI is InChI=1S/C7H9/c1-3-5-7-6-4-2/h3,5H,1,4H2,2H3. The zero-order chi connectivity index (χ0) is 5.54. The molecule has 0 aromatic carbocycles. The molecule has 0 aromatic rings. The van der Waals surface area contributed by atoms with Crippen LogP contribution in [0.3, 0.4) is 0 Å². The van der Waals surface area contributed by atoms with Crippen molar-refractivity contribution in [2.75, 3.05) is 0 Å². The van der Waals surface area contributed by atoms with Gasteiger partial charge < -0.3 is 0 Å². The van der Waals surface area contributed by atoms with E-state index in [0.29, 0.717) is 0 Å². The van der Waals surface area contributed by atoms with Crippen molar-refractivity contribution in [1.29, 1.82) is 0 Å². The second kappa shape index (κ2) is 5.30. The van der Waals surface area contributed by atoms with Crippen LogP contribution in [0.25, 0.3) is 0 Å². The summed E-state index contributed by atoms with van der Waals surface area (Å²) in [6, 6.07) is 0. The molecule has 0 bridgehead atoms. The minimum atomic E-state index is 0.921. The molecule has 0 aromatic heterocycles. The van der Waals surface area contributed by atoms with E-state index in [-0.39, 0.29) is 0 Å². The summed E-state index contributed by atoms with van der Waals surface area (Å²) in [6.45, 7) is 5.49. The first kappa shape index (κ1) is 6.30. The smallest absolute Gasteiger partial charge is 0.00637 e. The van der Waals surface area contributed by atoms with Gasteiger partial charge in [-0.1, -0.05) is 24.8 Å². The summed E-state index contributed by atoms with van der Waals surface area (Å²) in [5.74, 6) is 5.66. The highest BCUT2D eigenvalue weighted by atomic mass is 13.6. The lowest BCUT2D eigenvalue weighted by molar-refractivity contribution is 1.28. The van der Waals surface area contributed by atoms with E-state index in [1.165, 1.54) is 0 Å². The Balaban J connectivity index is 3.25. The van der Waals surface area contributed by atoms with Gasteiger partial charge in [0.05, 0.1) is 0 Å². The molecule has 0 heteroatoms. The number of rotatable bonds is 0. The molecule has 0 nitrogen and oxygen atoms in total. The van der Waals surface area contributed by atoms with Crippen LogP contribution in [0.1, 0.15) is 13.3 Å². The Morgan fingerprint density at radius 2 is 2.43 bits per heavy atom. The zero-order valence-corrected chi connectivity index (χ0v) is 4.57. The minimum Gasteiger partial charge on any atom is -0.0988 e. The Hall–Kier alpha value is -0.700. The van der Waals surface area contributed by atoms with Crippen LogP contribution in [0.5, 0.6) is 0 Å². The normalized spacial score (nSPS) is 8.29. The Morgan fingerprint density at radius 3 is 2.86 bits per heavy atom. The molecule has 7 heavy (non-hydrogen) atoms. The highest BCUT2D eigenvalue weighted by molar-refractivity contribution is 5.15. The first-order valence-electron chi connectivity index (χ1n) is 2.34. The van der Waals surface area contributed by atoms with Crippen molar-refractivity contribution in [3.05, 3.63) is 19.1 Å². The highest BCUT2D eigenvalue weighted by Gasteiger charge is 1.54. The predicted octanol–water partition coefficient (Wildman–Crippen LogP) is 1.79. The van der Waals surface area contributed by atoms with E-state index in [1.54, 1.807) is 12.2 Å². The van der Waals surface area contributed by atoms with Crippen LogP contribution in [-0.4, -0.2) is 0 Å². The molecular formula is C7H9. The van der Waals surface area contributed by atoms with E-state index >= 15 is 0 Å². The van der Waals surface area contributed by atoms with Gasteiger partial charge in [-0.3, -0.25) is 0 Å². The Morgan fingerprint density at radius 1 is 1.71 bits per heavy atom. The molecule has 0 amide bonds. The average Bonchev–Trinajstić information content (AvgIpc) is 1.69. The Labute approximate surface area is 45.2 Å². The second-order valence-corrected chi connectivity index (χ2v) is 1.08. The van der Waals surface area contributed by atoms with Gasteiger partial charge in [0, 0.05) is 6.42 Å². The van der Waals surface area contributed by atoms with Crippen molar-refractivity contribution >= 4 is 0 Å². The minimum absolute atomic E-state index is 0.921.